The fourth-order valence-electron chi connectivity index (χ4n) is 5.59. The Labute approximate surface area is 232 Å². The minimum atomic E-state index is -0.992. The predicted octanol–water partition coefficient (Wildman–Crippen LogP) is 4.00. The molecule has 2 bridgehead atoms. The van der Waals surface area contributed by atoms with Gasteiger partial charge in [-0.3, -0.25) is 4.90 Å². The number of pyridine rings is 2. The van der Waals surface area contributed by atoms with Crippen LogP contribution in [-0.2, 0) is 6.54 Å². The summed E-state index contributed by atoms with van der Waals surface area (Å²) in [5.74, 6) is 3.45. The van der Waals surface area contributed by atoms with Gasteiger partial charge < -0.3 is 14.7 Å². The summed E-state index contributed by atoms with van der Waals surface area (Å²) >= 11 is 0. The number of nitriles is 1. The molecule has 3 aliphatic heterocycles. The Balaban J connectivity index is 1.19. The highest BCUT2D eigenvalue weighted by Gasteiger charge is 2.44. The first-order valence-corrected chi connectivity index (χ1v) is 13.2. The summed E-state index contributed by atoms with van der Waals surface area (Å²) in [6.07, 6.45) is 11.5. The lowest BCUT2D eigenvalue weighted by atomic mass is 9.86. The van der Waals surface area contributed by atoms with Gasteiger partial charge in [0.25, 0.3) is 0 Å². The van der Waals surface area contributed by atoms with Gasteiger partial charge in [-0.15, -0.1) is 6.42 Å². The monoisotopic (exact) mass is 536 g/mol. The van der Waals surface area contributed by atoms with Crippen molar-refractivity contribution < 1.29 is 14.2 Å². The second-order valence-electron chi connectivity index (χ2n) is 11.1. The third-order valence-electron chi connectivity index (χ3n) is 7.58. The fraction of sp³-hybridized carbons (Fsp3) is 0.323. The molecule has 0 radical (unpaired) electrons. The maximum atomic E-state index is 14.2. The third-order valence-corrected chi connectivity index (χ3v) is 7.58. The lowest BCUT2D eigenvalue weighted by molar-refractivity contribution is -0.00874. The number of terminal acetylenes is 1. The van der Waals surface area contributed by atoms with Gasteiger partial charge in [0.15, 0.2) is 0 Å². The number of fused-ring (bicyclic) bond motifs is 3. The molecule has 0 amide bonds. The number of benzene rings is 1. The average Bonchev–Trinajstić information content (AvgIpc) is 3.37. The smallest absolute Gasteiger partial charge is 0.139 e. The number of hydrogen-bond acceptors (Lipinski definition) is 7. The van der Waals surface area contributed by atoms with Gasteiger partial charge in [-0.25, -0.2) is 13.9 Å². The predicted molar refractivity (Wildman–Crippen MR) is 149 cm³/mol. The van der Waals surface area contributed by atoms with E-state index in [2.05, 4.69) is 26.9 Å². The van der Waals surface area contributed by atoms with Crippen molar-refractivity contribution in [3.8, 4) is 35.3 Å². The Bertz CT molecular complexity index is 1650. The first-order chi connectivity index (χ1) is 19.2. The van der Waals surface area contributed by atoms with Crippen molar-refractivity contribution in [1.29, 1.82) is 5.26 Å². The zero-order chi connectivity index (χ0) is 28.0. The fourth-order valence-corrected chi connectivity index (χ4v) is 5.59. The minimum absolute atomic E-state index is 0.112. The SMILES string of the molecule is C#Cc1ccc(CN2C3CC2CN(c2ccc(-c4cc(OCC(C)(C)O)cn5ncc(C#N)c45)cn2)C3)cc1F. The van der Waals surface area contributed by atoms with E-state index in [1.165, 1.54) is 6.20 Å². The number of piperidine rings is 1. The first kappa shape index (κ1) is 25.8. The molecular weight excluding hydrogens is 507 g/mol. The first-order valence-electron chi connectivity index (χ1n) is 13.2. The highest BCUT2D eigenvalue weighted by molar-refractivity contribution is 5.85. The molecule has 2 unspecified atom stereocenters. The van der Waals surface area contributed by atoms with E-state index in [9.17, 15) is 14.8 Å². The molecule has 3 aliphatic rings. The van der Waals surface area contributed by atoms with Crippen LogP contribution in [0.4, 0.5) is 10.2 Å². The van der Waals surface area contributed by atoms with Crippen LogP contribution < -0.4 is 9.64 Å². The van der Waals surface area contributed by atoms with Crippen LogP contribution in [-0.4, -0.2) is 62.0 Å². The van der Waals surface area contributed by atoms with Crippen molar-refractivity contribution in [2.24, 2.45) is 0 Å². The molecule has 6 heterocycles. The lowest BCUT2D eigenvalue weighted by Gasteiger charge is -2.56. The normalized spacial score (nSPS) is 18.7. The molecule has 4 aromatic rings. The molecule has 1 aromatic carbocycles. The number of anilines is 1. The summed E-state index contributed by atoms with van der Waals surface area (Å²) in [5, 5.41) is 24.1. The summed E-state index contributed by atoms with van der Waals surface area (Å²) in [4.78, 5) is 9.50. The molecule has 3 aromatic heterocycles. The molecule has 8 nitrogen and oxygen atoms in total. The van der Waals surface area contributed by atoms with Gasteiger partial charge in [0, 0.05) is 49.0 Å². The second-order valence-corrected chi connectivity index (χ2v) is 11.1. The quantitative estimate of drug-likeness (QED) is 0.357. The van der Waals surface area contributed by atoms with Crippen molar-refractivity contribution in [1.82, 2.24) is 19.5 Å². The van der Waals surface area contributed by atoms with Gasteiger partial charge in [0.05, 0.1) is 34.6 Å². The molecule has 0 spiro atoms. The molecule has 2 atom stereocenters. The van der Waals surface area contributed by atoms with E-state index in [1.807, 2.05) is 30.5 Å². The minimum Gasteiger partial charge on any atom is -0.489 e. The van der Waals surface area contributed by atoms with E-state index in [-0.39, 0.29) is 12.4 Å². The zero-order valence-electron chi connectivity index (χ0n) is 22.4. The average molecular weight is 537 g/mol. The highest BCUT2D eigenvalue weighted by Crippen LogP contribution is 2.37. The number of aromatic nitrogens is 3. The summed E-state index contributed by atoms with van der Waals surface area (Å²) in [7, 11) is 0. The molecule has 202 valence electrons. The van der Waals surface area contributed by atoms with E-state index in [4.69, 9.17) is 16.1 Å². The number of halogens is 1. The standard InChI is InChI=1S/C31H29FN6O2/c1-4-21-6-5-20(9-28(21)32)15-37-24-10-25(37)17-36(16-24)29-8-7-22(13-34-29)27-11-26(40-19-31(2,3)39)18-38-30(27)23(12-33)14-35-38/h1,5-9,11,13-14,18,24-25,39H,10,15-17,19H2,2-3H3. The number of nitrogens with zero attached hydrogens (tertiary/aromatic N) is 6. The Hall–Kier alpha value is -4.44. The van der Waals surface area contributed by atoms with Crippen LogP contribution in [0.3, 0.4) is 0 Å². The van der Waals surface area contributed by atoms with Crippen LogP contribution in [0.2, 0.25) is 0 Å². The molecular formula is C31H29FN6O2. The molecule has 1 N–H and O–H groups in total. The van der Waals surface area contributed by atoms with Crippen LogP contribution in [0.5, 0.6) is 5.75 Å². The Morgan fingerprint density at radius 3 is 2.60 bits per heavy atom. The Kier molecular flexibility index (Phi) is 6.42. The van der Waals surface area contributed by atoms with Crippen LogP contribution in [0.1, 0.15) is 37.0 Å². The maximum absolute atomic E-state index is 14.2. The number of piperazine rings is 1. The molecule has 3 saturated heterocycles. The summed E-state index contributed by atoms with van der Waals surface area (Å²) < 4.78 is 21.6. The zero-order valence-corrected chi connectivity index (χ0v) is 22.4. The van der Waals surface area contributed by atoms with E-state index < -0.39 is 5.60 Å². The van der Waals surface area contributed by atoms with Gasteiger partial charge in [-0.2, -0.15) is 10.4 Å². The van der Waals surface area contributed by atoms with Crippen molar-refractivity contribution in [3.05, 3.63) is 77.5 Å². The van der Waals surface area contributed by atoms with Gasteiger partial charge in [-0.05, 0) is 56.2 Å². The summed E-state index contributed by atoms with van der Waals surface area (Å²) in [6, 6.07) is 13.9. The molecule has 40 heavy (non-hydrogen) atoms. The lowest BCUT2D eigenvalue weighted by Crippen LogP contribution is -2.68. The summed E-state index contributed by atoms with van der Waals surface area (Å²) in [5.41, 5.74) is 2.97. The van der Waals surface area contributed by atoms with Crippen molar-refractivity contribution in [3.63, 3.8) is 0 Å². The van der Waals surface area contributed by atoms with Gasteiger partial charge in [-0.1, -0.05) is 12.0 Å². The van der Waals surface area contributed by atoms with Gasteiger partial charge in [0.2, 0.25) is 0 Å². The molecule has 0 saturated carbocycles. The van der Waals surface area contributed by atoms with Crippen LogP contribution in [0, 0.1) is 29.5 Å². The van der Waals surface area contributed by atoms with Gasteiger partial charge >= 0.3 is 0 Å². The van der Waals surface area contributed by atoms with E-state index in [1.54, 1.807) is 36.7 Å². The van der Waals surface area contributed by atoms with Crippen LogP contribution >= 0.6 is 0 Å². The number of aliphatic hydroxyl groups is 1. The van der Waals surface area contributed by atoms with Crippen molar-refractivity contribution in [2.75, 3.05) is 24.6 Å². The van der Waals surface area contributed by atoms with Crippen LogP contribution in [0.15, 0.2) is 55.0 Å². The largest absolute Gasteiger partial charge is 0.489 e. The van der Waals surface area contributed by atoms with Gasteiger partial charge in [0.1, 0.15) is 30.1 Å². The highest BCUT2D eigenvalue weighted by atomic mass is 19.1. The third kappa shape index (κ3) is 4.86. The molecule has 9 heteroatoms. The second kappa shape index (κ2) is 9.95. The van der Waals surface area contributed by atoms with Crippen LogP contribution in [0.25, 0.3) is 16.6 Å². The number of hydrogen-bond donors (Lipinski definition) is 1. The number of ether oxygens (including phenoxy) is 1. The Morgan fingerprint density at radius 2 is 1.95 bits per heavy atom. The van der Waals surface area contributed by atoms with E-state index in [0.717, 1.165) is 42.0 Å². The Morgan fingerprint density at radius 1 is 1.15 bits per heavy atom. The molecule has 0 aliphatic carbocycles. The van der Waals surface area contributed by atoms with E-state index >= 15 is 0 Å². The van der Waals surface area contributed by atoms with Crippen molar-refractivity contribution >= 4 is 11.3 Å². The molecule has 3 fully saturated rings. The number of rotatable bonds is 7. The molecule has 7 rings (SSSR count). The van der Waals surface area contributed by atoms with Crippen molar-refractivity contribution in [2.45, 2.75) is 44.5 Å². The topological polar surface area (TPSA) is 89.9 Å². The summed E-state index contributed by atoms with van der Waals surface area (Å²) in [6.45, 7) is 5.86. The maximum Gasteiger partial charge on any atom is 0.139 e. The van der Waals surface area contributed by atoms with E-state index in [0.29, 0.717) is 41.0 Å².